The molecule has 0 spiro atoms. The van der Waals surface area contributed by atoms with E-state index >= 15 is 0 Å². The summed E-state index contributed by atoms with van der Waals surface area (Å²) in [4.78, 5) is 31.5. The lowest BCUT2D eigenvalue weighted by Gasteiger charge is -2.24. The van der Waals surface area contributed by atoms with E-state index in [4.69, 9.17) is 4.74 Å². The normalized spacial score (nSPS) is 16.1. The maximum atomic E-state index is 12.8. The zero-order chi connectivity index (χ0) is 19.9. The molecule has 1 aromatic heterocycles. The van der Waals surface area contributed by atoms with Gasteiger partial charge in [0.1, 0.15) is 6.04 Å². The molecule has 6 nitrogen and oxygen atoms in total. The summed E-state index contributed by atoms with van der Waals surface area (Å²) in [6.45, 7) is 3.52. The Morgan fingerprint density at radius 3 is 2.82 bits per heavy atom. The Morgan fingerprint density at radius 2 is 2.07 bits per heavy atom. The fourth-order valence-electron chi connectivity index (χ4n) is 3.23. The summed E-state index contributed by atoms with van der Waals surface area (Å²) in [6, 6.07) is 10.5. The Morgan fingerprint density at radius 1 is 1.29 bits per heavy atom. The number of carbonyl (C=O) groups is 2. The molecule has 3 rings (SSSR count). The maximum Gasteiger partial charge on any atom is 0.254 e. The van der Waals surface area contributed by atoms with Gasteiger partial charge in [0.05, 0.1) is 6.61 Å². The molecule has 2 heterocycles. The highest BCUT2D eigenvalue weighted by Gasteiger charge is 2.34. The average molecular weight is 446 g/mol. The fourth-order valence-corrected chi connectivity index (χ4v) is 3.49. The molecule has 0 radical (unpaired) electrons. The minimum atomic E-state index is -0.451. The number of carbonyl (C=O) groups excluding carboxylic acids is 2. The van der Waals surface area contributed by atoms with Crippen LogP contribution in [0.2, 0.25) is 0 Å². The highest BCUT2D eigenvalue weighted by atomic mass is 79.9. The molecule has 1 unspecified atom stereocenters. The first-order valence-corrected chi connectivity index (χ1v) is 10.3. The lowest BCUT2D eigenvalue weighted by atomic mass is 10.1. The standard InChI is InChI=1S/C21H24BrN3O3/c1-2-13-28-20-16(5-3-11-23-20)14-24-19(26)18-6-4-12-25(18)21(27)15-7-9-17(22)10-8-15/h3,5,7-11,18H,2,4,6,12-14H2,1H3,(H,24,26). The van der Waals surface area contributed by atoms with E-state index in [-0.39, 0.29) is 11.8 Å². The van der Waals surface area contributed by atoms with Gasteiger partial charge in [0.25, 0.3) is 5.91 Å². The molecule has 0 saturated carbocycles. The van der Waals surface area contributed by atoms with Gasteiger partial charge in [-0.05, 0) is 49.6 Å². The Hall–Kier alpha value is -2.41. The van der Waals surface area contributed by atoms with E-state index in [9.17, 15) is 9.59 Å². The van der Waals surface area contributed by atoms with E-state index in [1.807, 2.05) is 31.2 Å². The van der Waals surface area contributed by atoms with E-state index in [1.165, 1.54) is 0 Å². The largest absolute Gasteiger partial charge is 0.477 e. The molecule has 7 heteroatoms. The first-order valence-electron chi connectivity index (χ1n) is 9.51. The van der Waals surface area contributed by atoms with Gasteiger partial charge in [-0.2, -0.15) is 0 Å². The highest BCUT2D eigenvalue weighted by molar-refractivity contribution is 9.10. The molecule has 2 aromatic rings. The zero-order valence-corrected chi connectivity index (χ0v) is 17.4. The molecule has 0 bridgehead atoms. The van der Waals surface area contributed by atoms with Gasteiger partial charge in [0.2, 0.25) is 11.8 Å². The number of likely N-dealkylation sites (tertiary alicyclic amines) is 1. The van der Waals surface area contributed by atoms with Crippen LogP contribution in [0.3, 0.4) is 0 Å². The second-order valence-corrected chi connectivity index (χ2v) is 7.61. The smallest absolute Gasteiger partial charge is 0.254 e. The SMILES string of the molecule is CCCOc1ncccc1CNC(=O)C1CCCN1C(=O)c1ccc(Br)cc1. The second-order valence-electron chi connectivity index (χ2n) is 6.70. The molecule has 0 aliphatic carbocycles. The first-order chi connectivity index (χ1) is 13.6. The number of hydrogen-bond acceptors (Lipinski definition) is 4. The highest BCUT2D eigenvalue weighted by Crippen LogP contribution is 2.22. The van der Waals surface area contributed by atoms with Gasteiger partial charge in [-0.25, -0.2) is 4.98 Å². The van der Waals surface area contributed by atoms with Crippen LogP contribution in [0.25, 0.3) is 0 Å². The first kappa shape index (κ1) is 20.3. The van der Waals surface area contributed by atoms with Crippen LogP contribution in [0.15, 0.2) is 47.1 Å². The monoisotopic (exact) mass is 445 g/mol. The summed E-state index contributed by atoms with van der Waals surface area (Å²) in [5.41, 5.74) is 1.42. The molecule has 1 atom stereocenters. The van der Waals surface area contributed by atoms with Gasteiger partial charge in [0.15, 0.2) is 0 Å². The molecule has 1 fully saturated rings. The Bertz CT molecular complexity index is 826. The van der Waals surface area contributed by atoms with Crippen LogP contribution in [0.5, 0.6) is 5.88 Å². The quantitative estimate of drug-likeness (QED) is 0.706. The second kappa shape index (κ2) is 9.68. The zero-order valence-electron chi connectivity index (χ0n) is 15.9. The van der Waals surface area contributed by atoms with E-state index in [0.29, 0.717) is 37.6 Å². The van der Waals surface area contributed by atoms with Crippen molar-refractivity contribution in [1.29, 1.82) is 0 Å². The van der Waals surface area contributed by atoms with Crippen LogP contribution in [-0.4, -0.2) is 40.9 Å². The molecule has 148 valence electrons. The van der Waals surface area contributed by atoms with Crippen molar-refractivity contribution in [3.8, 4) is 5.88 Å². The van der Waals surface area contributed by atoms with Crippen molar-refractivity contribution in [2.45, 2.75) is 38.8 Å². The number of pyridine rings is 1. The van der Waals surface area contributed by atoms with Crippen molar-refractivity contribution in [2.75, 3.05) is 13.2 Å². The summed E-state index contributed by atoms with van der Waals surface area (Å²) < 4.78 is 6.55. The summed E-state index contributed by atoms with van der Waals surface area (Å²) in [5, 5.41) is 2.94. The number of benzene rings is 1. The summed E-state index contributed by atoms with van der Waals surface area (Å²) in [7, 11) is 0. The van der Waals surface area contributed by atoms with Crippen molar-refractivity contribution < 1.29 is 14.3 Å². The number of ether oxygens (including phenoxy) is 1. The van der Waals surface area contributed by atoms with E-state index in [0.717, 1.165) is 22.9 Å². The Labute approximate surface area is 173 Å². The van der Waals surface area contributed by atoms with E-state index < -0.39 is 6.04 Å². The molecule has 28 heavy (non-hydrogen) atoms. The van der Waals surface area contributed by atoms with Crippen molar-refractivity contribution in [1.82, 2.24) is 15.2 Å². The van der Waals surface area contributed by atoms with Gasteiger partial charge in [0, 0.05) is 34.9 Å². The fraction of sp³-hybridized carbons (Fsp3) is 0.381. The molecule has 1 aliphatic heterocycles. The lowest BCUT2D eigenvalue weighted by Crippen LogP contribution is -2.45. The topological polar surface area (TPSA) is 71.5 Å². The van der Waals surface area contributed by atoms with E-state index in [1.54, 1.807) is 23.2 Å². The molecule has 1 N–H and O–H groups in total. The van der Waals surface area contributed by atoms with Crippen LogP contribution < -0.4 is 10.1 Å². The number of nitrogens with one attached hydrogen (secondary N) is 1. The number of hydrogen-bond donors (Lipinski definition) is 1. The molecular formula is C21H24BrN3O3. The van der Waals surface area contributed by atoms with Crippen molar-refractivity contribution in [3.05, 3.63) is 58.2 Å². The van der Waals surface area contributed by atoms with Gasteiger partial charge >= 0.3 is 0 Å². The van der Waals surface area contributed by atoms with Crippen LogP contribution in [0.4, 0.5) is 0 Å². The third-order valence-corrected chi connectivity index (χ3v) is 5.18. The predicted molar refractivity (Wildman–Crippen MR) is 110 cm³/mol. The lowest BCUT2D eigenvalue weighted by molar-refractivity contribution is -0.125. The van der Waals surface area contributed by atoms with Crippen LogP contribution in [0, 0.1) is 0 Å². The average Bonchev–Trinajstić information content (AvgIpc) is 3.21. The van der Waals surface area contributed by atoms with Crippen molar-refractivity contribution >= 4 is 27.7 Å². The Kier molecular flexibility index (Phi) is 7.03. The molecule has 1 aliphatic rings. The number of amides is 2. The number of rotatable bonds is 7. The molecule has 1 aromatic carbocycles. The minimum absolute atomic E-state index is 0.113. The minimum Gasteiger partial charge on any atom is -0.477 e. The van der Waals surface area contributed by atoms with Gasteiger partial charge in [-0.1, -0.05) is 28.9 Å². The molecular weight excluding hydrogens is 422 g/mol. The third kappa shape index (κ3) is 4.90. The number of nitrogens with zero attached hydrogens (tertiary/aromatic N) is 2. The van der Waals surface area contributed by atoms with Crippen LogP contribution in [0.1, 0.15) is 42.1 Å². The summed E-state index contributed by atoms with van der Waals surface area (Å²) in [5.74, 6) is 0.283. The van der Waals surface area contributed by atoms with Crippen molar-refractivity contribution in [3.63, 3.8) is 0 Å². The van der Waals surface area contributed by atoms with Gasteiger partial charge < -0.3 is 15.0 Å². The Balaban J connectivity index is 1.64. The third-order valence-electron chi connectivity index (χ3n) is 4.65. The molecule has 2 amide bonds. The number of halogens is 1. The number of aromatic nitrogens is 1. The predicted octanol–water partition coefficient (Wildman–Crippen LogP) is 3.55. The van der Waals surface area contributed by atoms with Gasteiger partial charge in [-0.15, -0.1) is 0 Å². The van der Waals surface area contributed by atoms with Gasteiger partial charge in [-0.3, -0.25) is 9.59 Å². The maximum absolute atomic E-state index is 12.8. The van der Waals surface area contributed by atoms with E-state index in [2.05, 4.69) is 26.2 Å². The summed E-state index contributed by atoms with van der Waals surface area (Å²) in [6.07, 6.45) is 4.04. The van der Waals surface area contributed by atoms with Crippen molar-refractivity contribution in [2.24, 2.45) is 0 Å². The van der Waals surface area contributed by atoms with Crippen LogP contribution in [-0.2, 0) is 11.3 Å². The van der Waals surface area contributed by atoms with Crippen LogP contribution >= 0.6 is 15.9 Å². The summed E-state index contributed by atoms with van der Waals surface area (Å²) >= 11 is 3.37. The molecule has 1 saturated heterocycles.